The minimum Gasteiger partial charge on any atom is -0.368 e. The average Bonchev–Trinajstić information content (AvgIpc) is 2.34. The van der Waals surface area contributed by atoms with Crippen molar-refractivity contribution >= 4 is 5.91 Å². The van der Waals surface area contributed by atoms with Gasteiger partial charge in [0.25, 0.3) is 0 Å². The SMILES string of the molecule is CCCCCO[C@@H](Cc1ccccc1)C(N)=O. The van der Waals surface area contributed by atoms with Crippen LogP contribution in [0.4, 0.5) is 0 Å². The predicted octanol–water partition coefficient (Wildman–Crippen LogP) is 2.29. The van der Waals surface area contributed by atoms with Crippen molar-refractivity contribution in [2.45, 2.75) is 38.7 Å². The molecular formula is C14H21NO2. The predicted molar refractivity (Wildman–Crippen MR) is 68.6 cm³/mol. The standard InChI is InChI=1S/C14H21NO2/c1-2-3-7-10-17-13(14(15)16)11-12-8-5-4-6-9-12/h4-6,8-9,13H,2-3,7,10-11H2,1H3,(H2,15,16)/t13-/m0/s1. The lowest BCUT2D eigenvalue weighted by Gasteiger charge is -2.14. The van der Waals surface area contributed by atoms with Crippen LogP contribution in [0.2, 0.25) is 0 Å². The molecule has 3 nitrogen and oxygen atoms in total. The molecule has 0 bridgehead atoms. The fourth-order valence-corrected chi connectivity index (χ4v) is 1.65. The van der Waals surface area contributed by atoms with E-state index in [-0.39, 0.29) is 5.91 Å². The molecule has 1 aromatic carbocycles. The number of hydrogen-bond donors (Lipinski definition) is 1. The van der Waals surface area contributed by atoms with Gasteiger partial charge in [0.1, 0.15) is 6.10 Å². The van der Waals surface area contributed by atoms with E-state index in [4.69, 9.17) is 10.5 Å². The quantitative estimate of drug-likeness (QED) is 0.703. The highest BCUT2D eigenvalue weighted by Gasteiger charge is 2.15. The Morgan fingerprint density at radius 1 is 1.29 bits per heavy atom. The molecule has 0 aliphatic rings. The fraction of sp³-hybridized carbons (Fsp3) is 0.500. The maximum absolute atomic E-state index is 11.3. The second kappa shape index (κ2) is 7.85. The average molecular weight is 235 g/mol. The van der Waals surface area contributed by atoms with Crippen molar-refractivity contribution in [3.05, 3.63) is 35.9 Å². The summed E-state index contributed by atoms with van der Waals surface area (Å²) < 4.78 is 5.54. The van der Waals surface area contributed by atoms with E-state index in [1.807, 2.05) is 30.3 Å². The van der Waals surface area contributed by atoms with Crippen LogP contribution in [0.15, 0.2) is 30.3 Å². The molecule has 1 rings (SSSR count). The van der Waals surface area contributed by atoms with Crippen molar-refractivity contribution in [2.24, 2.45) is 5.73 Å². The largest absolute Gasteiger partial charge is 0.368 e. The van der Waals surface area contributed by atoms with E-state index in [2.05, 4.69) is 6.92 Å². The van der Waals surface area contributed by atoms with Gasteiger partial charge in [0, 0.05) is 13.0 Å². The molecule has 0 saturated carbocycles. The van der Waals surface area contributed by atoms with Gasteiger partial charge in [-0.05, 0) is 12.0 Å². The van der Waals surface area contributed by atoms with Crippen LogP contribution in [0.25, 0.3) is 0 Å². The molecule has 0 spiro atoms. The van der Waals surface area contributed by atoms with Crippen molar-refractivity contribution in [1.29, 1.82) is 0 Å². The molecule has 0 radical (unpaired) electrons. The van der Waals surface area contributed by atoms with E-state index < -0.39 is 6.10 Å². The van der Waals surface area contributed by atoms with Crippen molar-refractivity contribution < 1.29 is 9.53 Å². The number of nitrogens with two attached hydrogens (primary N) is 1. The summed E-state index contributed by atoms with van der Waals surface area (Å²) in [6, 6.07) is 9.80. The highest BCUT2D eigenvalue weighted by molar-refractivity contribution is 5.79. The number of benzene rings is 1. The number of hydrogen-bond acceptors (Lipinski definition) is 2. The molecule has 17 heavy (non-hydrogen) atoms. The van der Waals surface area contributed by atoms with E-state index >= 15 is 0 Å². The van der Waals surface area contributed by atoms with Crippen molar-refractivity contribution in [3.8, 4) is 0 Å². The summed E-state index contributed by atoms with van der Waals surface area (Å²) >= 11 is 0. The Balaban J connectivity index is 2.41. The van der Waals surface area contributed by atoms with Crippen LogP contribution in [0.5, 0.6) is 0 Å². The van der Waals surface area contributed by atoms with Crippen molar-refractivity contribution in [2.75, 3.05) is 6.61 Å². The molecular weight excluding hydrogens is 214 g/mol. The van der Waals surface area contributed by atoms with Crippen LogP contribution in [0, 0.1) is 0 Å². The minimum absolute atomic E-state index is 0.384. The molecule has 0 aliphatic carbocycles. The summed E-state index contributed by atoms with van der Waals surface area (Å²) in [6.07, 6.45) is 3.30. The zero-order valence-electron chi connectivity index (χ0n) is 10.4. The number of carbonyl (C=O) groups excluding carboxylic acids is 1. The van der Waals surface area contributed by atoms with E-state index in [1.165, 1.54) is 0 Å². The highest BCUT2D eigenvalue weighted by Crippen LogP contribution is 2.07. The van der Waals surface area contributed by atoms with Crippen molar-refractivity contribution in [3.63, 3.8) is 0 Å². The molecule has 0 aliphatic heterocycles. The van der Waals surface area contributed by atoms with Gasteiger partial charge in [0.15, 0.2) is 0 Å². The maximum atomic E-state index is 11.3. The van der Waals surface area contributed by atoms with E-state index in [1.54, 1.807) is 0 Å². The van der Waals surface area contributed by atoms with Crippen LogP contribution in [-0.2, 0) is 16.0 Å². The molecule has 3 heteroatoms. The van der Waals surface area contributed by atoms with Gasteiger partial charge in [-0.2, -0.15) is 0 Å². The van der Waals surface area contributed by atoms with Gasteiger partial charge in [0.2, 0.25) is 5.91 Å². The zero-order valence-corrected chi connectivity index (χ0v) is 10.4. The number of carbonyl (C=O) groups is 1. The molecule has 94 valence electrons. The minimum atomic E-state index is -0.505. The Hall–Kier alpha value is -1.35. The Bertz CT molecular complexity index is 324. The topological polar surface area (TPSA) is 52.3 Å². The van der Waals surface area contributed by atoms with Crippen LogP contribution >= 0.6 is 0 Å². The first-order chi connectivity index (χ1) is 8.24. The van der Waals surface area contributed by atoms with Crippen molar-refractivity contribution in [1.82, 2.24) is 0 Å². The second-order valence-corrected chi connectivity index (χ2v) is 4.16. The van der Waals surface area contributed by atoms with Crippen LogP contribution < -0.4 is 5.73 Å². The van der Waals surface area contributed by atoms with Gasteiger partial charge in [-0.1, -0.05) is 50.1 Å². The summed E-state index contributed by atoms with van der Waals surface area (Å²) in [6.45, 7) is 2.74. The van der Waals surface area contributed by atoms with Gasteiger partial charge in [-0.3, -0.25) is 4.79 Å². The monoisotopic (exact) mass is 235 g/mol. The van der Waals surface area contributed by atoms with Gasteiger partial charge in [-0.15, -0.1) is 0 Å². The normalized spacial score (nSPS) is 12.3. The number of primary amides is 1. The molecule has 0 aromatic heterocycles. The first-order valence-corrected chi connectivity index (χ1v) is 6.19. The number of ether oxygens (including phenoxy) is 1. The third-order valence-corrected chi connectivity index (χ3v) is 2.65. The molecule has 2 N–H and O–H groups in total. The smallest absolute Gasteiger partial charge is 0.246 e. The molecule has 1 aromatic rings. The lowest BCUT2D eigenvalue weighted by molar-refractivity contribution is -0.129. The fourth-order valence-electron chi connectivity index (χ4n) is 1.65. The molecule has 0 saturated heterocycles. The molecule has 0 heterocycles. The van der Waals surface area contributed by atoms with Gasteiger partial charge in [-0.25, -0.2) is 0 Å². The van der Waals surface area contributed by atoms with E-state index in [0.717, 1.165) is 24.8 Å². The first kappa shape index (κ1) is 13.7. The molecule has 1 atom stereocenters. The Morgan fingerprint density at radius 3 is 2.59 bits per heavy atom. The third kappa shape index (κ3) is 5.50. The number of rotatable bonds is 8. The van der Waals surface area contributed by atoms with Crippen LogP contribution in [0.1, 0.15) is 31.7 Å². The molecule has 1 amide bonds. The van der Waals surface area contributed by atoms with E-state index in [9.17, 15) is 4.79 Å². The molecule has 0 fully saturated rings. The summed E-state index contributed by atoms with van der Waals surface area (Å²) in [5.41, 5.74) is 6.41. The number of unbranched alkanes of at least 4 members (excludes halogenated alkanes) is 2. The second-order valence-electron chi connectivity index (χ2n) is 4.16. The van der Waals surface area contributed by atoms with Gasteiger partial charge < -0.3 is 10.5 Å². The summed E-state index contributed by atoms with van der Waals surface area (Å²) in [5, 5.41) is 0. The van der Waals surface area contributed by atoms with Gasteiger partial charge in [0.05, 0.1) is 0 Å². The Labute approximate surface area is 103 Å². The zero-order chi connectivity index (χ0) is 12.5. The highest BCUT2D eigenvalue weighted by atomic mass is 16.5. The summed E-state index contributed by atoms with van der Waals surface area (Å²) in [5.74, 6) is -0.384. The van der Waals surface area contributed by atoms with Crippen LogP contribution in [0.3, 0.4) is 0 Å². The van der Waals surface area contributed by atoms with E-state index in [0.29, 0.717) is 13.0 Å². The number of amides is 1. The lowest BCUT2D eigenvalue weighted by atomic mass is 10.1. The first-order valence-electron chi connectivity index (χ1n) is 6.19. The van der Waals surface area contributed by atoms with Gasteiger partial charge >= 0.3 is 0 Å². The Morgan fingerprint density at radius 2 is 2.00 bits per heavy atom. The maximum Gasteiger partial charge on any atom is 0.246 e. The third-order valence-electron chi connectivity index (χ3n) is 2.65. The molecule has 0 unspecified atom stereocenters. The summed E-state index contributed by atoms with van der Waals surface area (Å²) in [4.78, 5) is 11.3. The summed E-state index contributed by atoms with van der Waals surface area (Å²) in [7, 11) is 0. The Kier molecular flexibility index (Phi) is 6.33. The van der Waals surface area contributed by atoms with Crippen LogP contribution in [-0.4, -0.2) is 18.6 Å². The lowest BCUT2D eigenvalue weighted by Crippen LogP contribution is -2.33.